The van der Waals surface area contributed by atoms with Gasteiger partial charge in [0.15, 0.2) is 0 Å². The molecule has 2 heterocycles. The molecule has 0 saturated heterocycles. The third-order valence-corrected chi connectivity index (χ3v) is 5.70. The average Bonchev–Trinajstić information content (AvgIpc) is 2.78. The van der Waals surface area contributed by atoms with Crippen LogP contribution in [-0.4, -0.2) is 22.6 Å². The van der Waals surface area contributed by atoms with Crippen molar-refractivity contribution in [3.05, 3.63) is 21.4 Å². The van der Waals surface area contributed by atoms with E-state index in [4.69, 9.17) is 0 Å². The molecule has 0 aromatic carbocycles. The lowest BCUT2D eigenvalue weighted by Gasteiger charge is -2.08. The second-order valence-corrected chi connectivity index (χ2v) is 7.33. The molecule has 0 spiro atoms. The van der Waals surface area contributed by atoms with Crippen molar-refractivity contribution >= 4 is 51.6 Å². The van der Waals surface area contributed by atoms with Gasteiger partial charge in [-0.1, -0.05) is 22.6 Å². The van der Waals surface area contributed by atoms with E-state index in [2.05, 4.69) is 34.0 Å². The zero-order chi connectivity index (χ0) is 12.1. The Kier molecular flexibility index (Phi) is 5.62. The minimum Gasteiger partial charge on any atom is -0.351 e. The first-order valence-electron chi connectivity index (χ1n) is 5.84. The Balaban J connectivity index is 1.88. The largest absolute Gasteiger partial charge is 0.351 e. The van der Waals surface area contributed by atoms with Crippen molar-refractivity contribution in [2.75, 3.05) is 16.7 Å². The van der Waals surface area contributed by atoms with Crippen molar-refractivity contribution in [2.45, 2.75) is 25.0 Å². The van der Waals surface area contributed by atoms with E-state index < -0.39 is 0 Å². The molecule has 0 aliphatic carbocycles. The molecular weight excluding hydrogens is 365 g/mol. The van der Waals surface area contributed by atoms with E-state index in [9.17, 15) is 4.79 Å². The van der Waals surface area contributed by atoms with Crippen LogP contribution < -0.4 is 5.32 Å². The predicted molar refractivity (Wildman–Crippen MR) is 84.6 cm³/mol. The topological polar surface area (TPSA) is 29.1 Å². The van der Waals surface area contributed by atoms with Gasteiger partial charge < -0.3 is 5.32 Å². The molecule has 0 bridgehead atoms. The number of unbranched alkanes of at least 4 members (excludes halogenated alkanes) is 1. The third kappa shape index (κ3) is 3.86. The van der Waals surface area contributed by atoms with Crippen LogP contribution in [-0.2, 0) is 12.2 Å². The van der Waals surface area contributed by atoms with Gasteiger partial charge in [0.25, 0.3) is 5.91 Å². The molecule has 1 aromatic heterocycles. The minimum atomic E-state index is 0.114. The second kappa shape index (κ2) is 6.99. The van der Waals surface area contributed by atoms with Crippen LogP contribution in [0.3, 0.4) is 0 Å². The zero-order valence-electron chi connectivity index (χ0n) is 9.63. The quantitative estimate of drug-likeness (QED) is 0.481. The number of hydrogen-bond donors (Lipinski definition) is 1. The molecular formula is C12H16INOS2. The van der Waals surface area contributed by atoms with Crippen LogP contribution in [0.1, 0.15) is 33.0 Å². The molecule has 1 aliphatic heterocycles. The standard InChI is InChI=1S/C12H16INOS2/c13-4-1-2-5-14-12(15)11-7-9-8-16-6-3-10(9)17-11/h7H,1-6,8H2,(H,14,15). The number of aryl methyl sites for hydroxylation is 1. The SMILES string of the molecule is O=C(NCCCCI)c1cc2c(s1)CCSC2. The van der Waals surface area contributed by atoms with Crippen molar-refractivity contribution in [3.63, 3.8) is 0 Å². The van der Waals surface area contributed by atoms with Crippen LogP contribution in [0.5, 0.6) is 0 Å². The first kappa shape index (κ1) is 13.7. The van der Waals surface area contributed by atoms with Gasteiger partial charge in [-0.05, 0) is 41.1 Å². The van der Waals surface area contributed by atoms with Gasteiger partial charge in [0.1, 0.15) is 0 Å². The molecule has 2 rings (SSSR count). The minimum absolute atomic E-state index is 0.114. The maximum absolute atomic E-state index is 11.9. The molecule has 2 nitrogen and oxygen atoms in total. The number of nitrogens with one attached hydrogen (secondary N) is 1. The summed E-state index contributed by atoms with van der Waals surface area (Å²) < 4.78 is 1.16. The summed E-state index contributed by atoms with van der Waals surface area (Å²) in [5.41, 5.74) is 1.38. The van der Waals surface area contributed by atoms with Crippen LogP contribution in [0.25, 0.3) is 0 Å². The highest BCUT2D eigenvalue weighted by molar-refractivity contribution is 14.1. The molecule has 17 heavy (non-hydrogen) atoms. The molecule has 94 valence electrons. The van der Waals surface area contributed by atoms with Gasteiger partial charge in [-0.15, -0.1) is 11.3 Å². The van der Waals surface area contributed by atoms with Crippen molar-refractivity contribution in [1.82, 2.24) is 5.32 Å². The first-order valence-corrected chi connectivity index (χ1v) is 9.34. The molecule has 5 heteroatoms. The molecule has 1 N–H and O–H groups in total. The summed E-state index contributed by atoms with van der Waals surface area (Å²) in [6, 6.07) is 2.08. The highest BCUT2D eigenvalue weighted by Gasteiger charge is 2.16. The van der Waals surface area contributed by atoms with Gasteiger partial charge in [-0.25, -0.2) is 0 Å². The van der Waals surface area contributed by atoms with Crippen LogP contribution in [0.15, 0.2) is 6.07 Å². The van der Waals surface area contributed by atoms with E-state index in [1.54, 1.807) is 11.3 Å². The van der Waals surface area contributed by atoms with Crippen molar-refractivity contribution in [2.24, 2.45) is 0 Å². The first-order chi connectivity index (χ1) is 8.31. The molecule has 0 saturated carbocycles. The number of rotatable bonds is 5. The van der Waals surface area contributed by atoms with Crippen LogP contribution in [0.4, 0.5) is 0 Å². The Bertz CT molecular complexity index is 368. The fourth-order valence-electron chi connectivity index (χ4n) is 1.77. The molecule has 0 unspecified atom stereocenters. The zero-order valence-corrected chi connectivity index (χ0v) is 13.4. The average molecular weight is 381 g/mol. The van der Waals surface area contributed by atoms with Gasteiger partial charge in [0.05, 0.1) is 4.88 Å². The molecule has 1 aliphatic rings. The lowest BCUT2D eigenvalue weighted by molar-refractivity contribution is 0.0957. The number of carbonyl (C=O) groups excluding carboxylic acids is 1. The van der Waals surface area contributed by atoms with E-state index in [1.807, 2.05) is 11.8 Å². The smallest absolute Gasteiger partial charge is 0.261 e. The van der Waals surface area contributed by atoms with E-state index in [1.165, 1.54) is 22.6 Å². The normalized spacial score (nSPS) is 14.4. The summed E-state index contributed by atoms with van der Waals surface area (Å²) >= 11 is 6.01. The lowest BCUT2D eigenvalue weighted by atomic mass is 10.2. The van der Waals surface area contributed by atoms with Crippen molar-refractivity contribution < 1.29 is 4.79 Å². The second-order valence-electron chi connectivity index (χ2n) is 4.01. The van der Waals surface area contributed by atoms with E-state index in [0.717, 1.165) is 34.4 Å². The maximum atomic E-state index is 11.9. The van der Waals surface area contributed by atoms with Crippen LogP contribution >= 0.6 is 45.7 Å². The Morgan fingerprint density at radius 3 is 3.12 bits per heavy atom. The number of hydrogen-bond acceptors (Lipinski definition) is 3. The van der Waals surface area contributed by atoms with E-state index >= 15 is 0 Å². The summed E-state index contributed by atoms with van der Waals surface area (Å²) in [5.74, 6) is 2.39. The Labute approximate surface area is 124 Å². The van der Waals surface area contributed by atoms with Crippen LogP contribution in [0.2, 0.25) is 0 Å². The Morgan fingerprint density at radius 2 is 2.35 bits per heavy atom. The van der Waals surface area contributed by atoms with Gasteiger partial charge in [-0.2, -0.15) is 11.8 Å². The molecule has 0 radical (unpaired) electrons. The van der Waals surface area contributed by atoms with Crippen molar-refractivity contribution in [3.8, 4) is 0 Å². The Morgan fingerprint density at radius 1 is 1.47 bits per heavy atom. The van der Waals surface area contributed by atoms with Gasteiger partial charge >= 0.3 is 0 Å². The predicted octanol–water partition coefficient (Wildman–Crippen LogP) is 3.48. The summed E-state index contributed by atoms with van der Waals surface area (Å²) in [6.07, 6.45) is 3.39. The highest BCUT2D eigenvalue weighted by Crippen LogP contribution is 2.31. The molecule has 1 amide bonds. The number of alkyl halides is 1. The monoisotopic (exact) mass is 381 g/mol. The Hall–Kier alpha value is 0.250. The van der Waals surface area contributed by atoms with E-state index in [0.29, 0.717) is 0 Å². The number of thioether (sulfide) groups is 1. The fourth-order valence-corrected chi connectivity index (χ4v) is 4.60. The summed E-state index contributed by atoms with van der Waals surface area (Å²) in [7, 11) is 0. The summed E-state index contributed by atoms with van der Waals surface area (Å²) in [4.78, 5) is 14.2. The molecule has 0 fully saturated rings. The molecule has 0 atom stereocenters. The lowest BCUT2D eigenvalue weighted by Crippen LogP contribution is -2.23. The van der Waals surface area contributed by atoms with E-state index in [-0.39, 0.29) is 5.91 Å². The number of fused-ring (bicyclic) bond motifs is 1. The number of thiophene rings is 1. The van der Waals surface area contributed by atoms with Crippen LogP contribution in [0, 0.1) is 0 Å². The summed E-state index contributed by atoms with van der Waals surface area (Å²) in [5, 5.41) is 3.00. The van der Waals surface area contributed by atoms with Crippen molar-refractivity contribution in [1.29, 1.82) is 0 Å². The van der Waals surface area contributed by atoms with Gasteiger partial charge in [0.2, 0.25) is 0 Å². The molecule has 1 aromatic rings. The highest BCUT2D eigenvalue weighted by atomic mass is 127. The van der Waals surface area contributed by atoms with Gasteiger partial charge in [0, 0.05) is 17.2 Å². The fraction of sp³-hybridized carbons (Fsp3) is 0.583. The number of amides is 1. The summed E-state index contributed by atoms with van der Waals surface area (Å²) in [6.45, 7) is 0.805. The van der Waals surface area contributed by atoms with Gasteiger partial charge in [-0.3, -0.25) is 4.79 Å². The number of halogens is 1. The third-order valence-electron chi connectivity index (χ3n) is 2.70. The maximum Gasteiger partial charge on any atom is 0.261 e. The number of carbonyl (C=O) groups is 1.